The number of ether oxygens (including phenoxy) is 3. The number of benzene rings is 1. The molecule has 5 nitrogen and oxygen atoms in total. The van der Waals surface area contributed by atoms with Crippen molar-refractivity contribution in [2.75, 3.05) is 13.3 Å². The predicted molar refractivity (Wildman–Crippen MR) is 61.5 cm³/mol. The Morgan fingerprint density at radius 3 is 3.06 bits per heavy atom. The minimum Gasteiger partial charge on any atom is -0.454 e. The number of hydrogen-bond acceptors (Lipinski definition) is 4. The fraction of sp³-hybridized carbons (Fsp3) is 0.417. The molecule has 0 bridgehead atoms. The molecule has 0 radical (unpaired) electrons. The van der Waals surface area contributed by atoms with Crippen LogP contribution in [-0.2, 0) is 0 Å². The van der Waals surface area contributed by atoms with Crippen LogP contribution >= 0.6 is 0 Å². The maximum atomic E-state index is 11.4. The van der Waals surface area contributed by atoms with Gasteiger partial charge in [0.25, 0.3) is 0 Å². The normalized spacial score (nSPS) is 12.3. The summed E-state index contributed by atoms with van der Waals surface area (Å²) >= 11 is 0. The third-order valence-electron chi connectivity index (χ3n) is 2.35. The maximum Gasteiger partial charge on any atom is 0.412 e. The van der Waals surface area contributed by atoms with Crippen LogP contribution in [0, 0.1) is 0 Å². The summed E-state index contributed by atoms with van der Waals surface area (Å²) in [5.41, 5.74) is 0. The van der Waals surface area contributed by atoms with Gasteiger partial charge in [0.05, 0.1) is 0 Å². The van der Waals surface area contributed by atoms with E-state index in [4.69, 9.17) is 14.2 Å². The molecule has 5 heteroatoms. The third kappa shape index (κ3) is 3.03. The Morgan fingerprint density at radius 1 is 1.41 bits per heavy atom. The average molecular weight is 237 g/mol. The van der Waals surface area contributed by atoms with Gasteiger partial charge in [0.2, 0.25) is 6.79 Å². The lowest BCUT2D eigenvalue weighted by atomic mass is 10.3. The highest BCUT2D eigenvalue weighted by Gasteiger charge is 2.14. The fourth-order valence-corrected chi connectivity index (χ4v) is 1.45. The highest BCUT2D eigenvalue weighted by molar-refractivity contribution is 5.70. The van der Waals surface area contributed by atoms with Crippen molar-refractivity contribution in [1.29, 1.82) is 0 Å². The largest absolute Gasteiger partial charge is 0.454 e. The highest BCUT2D eigenvalue weighted by Crippen LogP contribution is 2.35. The fourth-order valence-electron chi connectivity index (χ4n) is 1.45. The average Bonchev–Trinajstić information content (AvgIpc) is 2.76. The molecule has 0 atom stereocenters. The first-order chi connectivity index (χ1) is 8.29. The summed E-state index contributed by atoms with van der Waals surface area (Å²) in [5, 5.41) is 2.67. The van der Waals surface area contributed by atoms with E-state index in [9.17, 15) is 4.79 Å². The van der Waals surface area contributed by atoms with Gasteiger partial charge in [0.1, 0.15) is 5.75 Å². The molecule has 0 fully saturated rings. The molecule has 0 unspecified atom stereocenters. The molecule has 1 heterocycles. The van der Waals surface area contributed by atoms with Crippen molar-refractivity contribution in [2.24, 2.45) is 0 Å². The summed E-state index contributed by atoms with van der Waals surface area (Å²) in [7, 11) is 0. The van der Waals surface area contributed by atoms with Crippen LogP contribution in [0.1, 0.15) is 19.8 Å². The summed E-state index contributed by atoms with van der Waals surface area (Å²) in [5.74, 6) is 1.72. The second-order valence-electron chi connectivity index (χ2n) is 3.68. The van der Waals surface area contributed by atoms with Gasteiger partial charge in [-0.3, -0.25) is 0 Å². The second kappa shape index (κ2) is 5.43. The van der Waals surface area contributed by atoms with E-state index in [-0.39, 0.29) is 6.79 Å². The van der Waals surface area contributed by atoms with Gasteiger partial charge in [-0.1, -0.05) is 13.3 Å². The molecule has 0 aliphatic carbocycles. The number of fused-ring (bicyclic) bond motifs is 1. The van der Waals surface area contributed by atoms with Crippen molar-refractivity contribution in [3.8, 4) is 17.2 Å². The van der Waals surface area contributed by atoms with Crippen molar-refractivity contribution < 1.29 is 19.0 Å². The molecule has 17 heavy (non-hydrogen) atoms. The Bertz CT molecular complexity index is 405. The van der Waals surface area contributed by atoms with Crippen molar-refractivity contribution in [3.63, 3.8) is 0 Å². The van der Waals surface area contributed by atoms with E-state index >= 15 is 0 Å². The lowest BCUT2D eigenvalue weighted by Crippen LogP contribution is -2.27. The number of hydrogen-bond donors (Lipinski definition) is 1. The molecular weight excluding hydrogens is 222 g/mol. The summed E-state index contributed by atoms with van der Waals surface area (Å²) in [4.78, 5) is 11.4. The topological polar surface area (TPSA) is 56.8 Å². The second-order valence-corrected chi connectivity index (χ2v) is 3.68. The molecular formula is C12H15NO4. The smallest absolute Gasteiger partial charge is 0.412 e. The Labute approximate surface area is 99.7 Å². The summed E-state index contributed by atoms with van der Waals surface area (Å²) < 4.78 is 15.4. The zero-order chi connectivity index (χ0) is 12.1. The molecule has 1 N–H and O–H groups in total. The standard InChI is InChI=1S/C12H15NO4/c1-2-3-6-13-12(14)17-9-4-5-10-11(7-9)16-8-15-10/h4-5,7H,2-3,6,8H2,1H3,(H,13,14). The molecule has 2 rings (SSSR count). The van der Waals surface area contributed by atoms with Crippen molar-refractivity contribution >= 4 is 6.09 Å². The van der Waals surface area contributed by atoms with Crippen LogP contribution in [0.2, 0.25) is 0 Å². The van der Waals surface area contributed by atoms with E-state index in [1.807, 2.05) is 0 Å². The maximum absolute atomic E-state index is 11.4. The zero-order valence-corrected chi connectivity index (χ0v) is 9.69. The van der Waals surface area contributed by atoms with Gasteiger partial charge in [0.15, 0.2) is 11.5 Å². The molecule has 1 aromatic carbocycles. The quantitative estimate of drug-likeness (QED) is 0.816. The number of carbonyl (C=O) groups excluding carboxylic acids is 1. The lowest BCUT2D eigenvalue weighted by molar-refractivity contribution is 0.173. The van der Waals surface area contributed by atoms with Crippen LogP contribution in [0.15, 0.2) is 18.2 Å². The van der Waals surface area contributed by atoms with E-state index < -0.39 is 6.09 Å². The Hall–Kier alpha value is -1.91. The molecule has 0 spiro atoms. The number of unbranched alkanes of at least 4 members (excludes halogenated alkanes) is 1. The van der Waals surface area contributed by atoms with Crippen molar-refractivity contribution in [1.82, 2.24) is 5.32 Å². The molecule has 0 aromatic heterocycles. The van der Waals surface area contributed by atoms with Gasteiger partial charge in [0, 0.05) is 12.6 Å². The Morgan fingerprint density at radius 2 is 2.24 bits per heavy atom. The van der Waals surface area contributed by atoms with E-state index in [0.29, 0.717) is 23.8 Å². The van der Waals surface area contributed by atoms with E-state index in [2.05, 4.69) is 12.2 Å². The van der Waals surface area contributed by atoms with Crippen molar-refractivity contribution in [2.45, 2.75) is 19.8 Å². The number of nitrogens with one attached hydrogen (secondary N) is 1. The summed E-state index contributed by atoms with van der Waals surface area (Å²) in [6.45, 7) is 2.90. The molecule has 92 valence electrons. The van der Waals surface area contributed by atoms with Crippen LogP contribution < -0.4 is 19.5 Å². The molecule has 0 saturated heterocycles. The predicted octanol–water partition coefficient (Wildman–Crippen LogP) is 2.30. The van der Waals surface area contributed by atoms with Crippen LogP contribution in [0.4, 0.5) is 4.79 Å². The van der Waals surface area contributed by atoms with Crippen LogP contribution in [0.5, 0.6) is 17.2 Å². The molecule has 1 aliphatic rings. The Kier molecular flexibility index (Phi) is 3.69. The Balaban J connectivity index is 1.88. The number of rotatable bonds is 4. The third-order valence-corrected chi connectivity index (χ3v) is 2.35. The zero-order valence-electron chi connectivity index (χ0n) is 9.69. The molecule has 1 aliphatic heterocycles. The monoisotopic (exact) mass is 237 g/mol. The first kappa shape index (κ1) is 11.6. The van der Waals surface area contributed by atoms with Crippen molar-refractivity contribution in [3.05, 3.63) is 18.2 Å². The van der Waals surface area contributed by atoms with E-state index in [1.54, 1.807) is 18.2 Å². The molecule has 1 amide bonds. The van der Waals surface area contributed by atoms with E-state index in [0.717, 1.165) is 12.8 Å². The summed E-state index contributed by atoms with van der Waals surface area (Å²) in [6, 6.07) is 5.03. The van der Waals surface area contributed by atoms with Crippen LogP contribution in [0.25, 0.3) is 0 Å². The molecule has 1 aromatic rings. The van der Waals surface area contributed by atoms with Gasteiger partial charge in [-0.05, 0) is 18.6 Å². The van der Waals surface area contributed by atoms with Gasteiger partial charge >= 0.3 is 6.09 Å². The SMILES string of the molecule is CCCCNC(=O)Oc1ccc2c(c1)OCO2. The van der Waals surface area contributed by atoms with Gasteiger partial charge in [-0.25, -0.2) is 4.79 Å². The highest BCUT2D eigenvalue weighted by atomic mass is 16.7. The number of amides is 1. The van der Waals surface area contributed by atoms with Crippen LogP contribution in [0.3, 0.4) is 0 Å². The number of carbonyl (C=O) groups is 1. The van der Waals surface area contributed by atoms with E-state index in [1.165, 1.54) is 0 Å². The van der Waals surface area contributed by atoms with Gasteiger partial charge in [-0.2, -0.15) is 0 Å². The lowest BCUT2D eigenvalue weighted by Gasteiger charge is -2.06. The van der Waals surface area contributed by atoms with Gasteiger partial charge < -0.3 is 19.5 Å². The first-order valence-electron chi connectivity index (χ1n) is 5.65. The first-order valence-corrected chi connectivity index (χ1v) is 5.65. The minimum atomic E-state index is -0.447. The minimum absolute atomic E-state index is 0.210. The van der Waals surface area contributed by atoms with Gasteiger partial charge in [-0.15, -0.1) is 0 Å². The summed E-state index contributed by atoms with van der Waals surface area (Å²) in [6.07, 6.45) is 1.53. The molecule has 0 saturated carbocycles. The van der Waals surface area contributed by atoms with Crippen LogP contribution in [-0.4, -0.2) is 19.4 Å².